The molecule has 0 spiro atoms. The molecule has 18 heavy (non-hydrogen) atoms. The van der Waals surface area contributed by atoms with Crippen molar-refractivity contribution in [2.24, 2.45) is 0 Å². The predicted molar refractivity (Wildman–Crippen MR) is 58.2 cm³/mol. The minimum absolute atomic E-state index is 0.0607. The van der Waals surface area contributed by atoms with Crippen LogP contribution in [-0.2, 0) is 4.79 Å². The Morgan fingerprint density at radius 1 is 1.28 bits per heavy atom. The molecule has 0 unspecified atom stereocenters. The summed E-state index contributed by atoms with van der Waals surface area (Å²) in [6, 6.07) is -0.577. The van der Waals surface area contributed by atoms with E-state index in [1.807, 2.05) is 0 Å². The Kier molecular flexibility index (Phi) is 7.14. The van der Waals surface area contributed by atoms with E-state index in [0.29, 0.717) is 0 Å². The van der Waals surface area contributed by atoms with Gasteiger partial charge in [0.1, 0.15) is 6.54 Å². The summed E-state index contributed by atoms with van der Waals surface area (Å²) in [6.45, 7) is 1.52. The monoisotopic (exact) mass is 270 g/mol. The van der Waals surface area contributed by atoms with Crippen LogP contribution in [0.2, 0.25) is 0 Å². The average Bonchev–Trinajstić information content (AvgIpc) is 2.23. The van der Waals surface area contributed by atoms with Gasteiger partial charge in [0.15, 0.2) is 0 Å². The highest BCUT2D eigenvalue weighted by molar-refractivity contribution is 5.79. The van der Waals surface area contributed by atoms with Crippen molar-refractivity contribution < 1.29 is 27.9 Å². The molecule has 0 atom stereocenters. The van der Waals surface area contributed by atoms with Crippen molar-refractivity contribution in [2.75, 3.05) is 19.6 Å². The van der Waals surface area contributed by atoms with E-state index < -0.39 is 31.1 Å². The Morgan fingerprint density at radius 3 is 2.33 bits per heavy atom. The fourth-order valence-corrected chi connectivity index (χ4v) is 1.25. The third-order valence-corrected chi connectivity index (χ3v) is 2.16. The van der Waals surface area contributed by atoms with Crippen molar-refractivity contribution in [3.8, 4) is 0 Å². The Balaban J connectivity index is 3.78. The highest BCUT2D eigenvalue weighted by Gasteiger charge is 2.25. The number of amides is 2. The first kappa shape index (κ1) is 16.5. The second kappa shape index (κ2) is 7.78. The van der Waals surface area contributed by atoms with Crippen LogP contribution in [0.1, 0.15) is 26.2 Å². The topological polar surface area (TPSA) is 69.6 Å². The highest BCUT2D eigenvalue weighted by Crippen LogP contribution is 2.21. The van der Waals surface area contributed by atoms with Gasteiger partial charge in [-0.25, -0.2) is 4.79 Å². The van der Waals surface area contributed by atoms with Gasteiger partial charge in [-0.3, -0.25) is 4.79 Å². The minimum atomic E-state index is -4.18. The largest absolute Gasteiger partial charge is 0.480 e. The number of hydrogen-bond donors (Lipinski definition) is 2. The standard InChI is InChI=1S/C10H17F3N2O3/c1-2-15(7-8(16)17)9(18)14-6-4-3-5-10(11,12)13/h2-7H2,1H3,(H,14,18)(H,16,17). The molecular formula is C10H17F3N2O3. The molecule has 2 N–H and O–H groups in total. The quantitative estimate of drug-likeness (QED) is 0.693. The second-order valence-corrected chi connectivity index (χ2v) is 3.71. The zero-order valence-electron chi connectivity index (χ0n) is 10.1. The number of carboxylic acid groups (broad SMARTS) is 1. The summed E-state index contributed by atoms with van der Waals surface area (Å²) in [5, 5.41) is 10.9. The van der Waals surface area contributed by atoms with Gasteiger partial charge in [0.05, 0.1) is 0 Å². The van der Waals surface area contributed by atoms with E-state index in [4.69, 9.17) is 5.11 Å². The Morgan fingerprint density at radius 2 is 1.89 bits per heavy atom. The molecule has 2 amide bonds. The zero-order valence-corrected chi connectivity index (χ0v) is 10.1. The molecule has 106 valence electrons. The summed E-state index contributed by atoms with van der Waals surface area (Å²) < 4.78 is 35.4. The number of nitrogens with one attached hydrogen (secondary N) is 1. The van der Waals surface area contributed by atoms with E-state index >= 15 is 0 Å². The molecule has 5 nitrogen and oxygen atoms in total. The number of halogens is 3. The first-order chi connectivity index (χ1) is 8.26. The van der Waals surface area contributed by atoms with Gasteiger partial charge in [-0.1, -0.05) is 0 Å². The summed E-state index contributed by atoms with van der Waals surface area (Å²) in [7, 11) is 0. The first-order valence-electron chi connectivity index (χ1n) is 5.57. The first-order valence-corrected chi connectivity index (χ1v) is 5.57. The molecule has 0 saturated heterocycles. The van der Waals surface area contributed by atoms with Gasteiger partial charge in [-0.2, -0.15) is 13.2 Å². The van der Waals surface area contributed by atoms with Gasteiger partial charge >= 0.3 is 18.2 Å². The third kappa shape index (κ3) is 8.66. The van der Waals surface area contributed by atoms with E-state index in [1.54, 1.807) is 6.92 Å². The van der Waals surface area contributed by atoms with Crippen molar-refractivity contribution in [2.45, 2.75) is 32.4 Å². The van der Waals surface area contributed by atoms with Crippen LogP contribution in [0.3, 0.4) is 0 Å². The Labute approximate surface area is 103 Å². The molecule has 0 bridgehead atoms. The van der Waals surface area contributed by atoms with E-state index in [1.165, 1.54) is 0 Å². The van der Waals surface area contributed by atoms with Crippen molar-refractivity contribution in [3.05, 3.63) is 0 Å². The molecule has 0 fully saturated rings. The van der Waals surface area contributed by atoms with Crippen LogP contribution in [0, 0.1) is 0 Å². The maximum atomic E-state index is 11.8. The lowest BCUT2D eigenvalue weighted by atomic mass is 10.2. The number of unbranched alkanes of at least 4 members (excludes halogenated alkanes) is 1. The molecule has 0 aromatic carbocycles. The zero-order chi connectivity index (χ0) is 14.2. The van der Waals surface area contributed by atoms with Crippen LogP contribution in [0.4, 0.5) is 18.0 Å². The van der Waals surface area contributed by atoms with E-state index in [2.05, 4.69) is 5.32 Å². The van der Waals surface area contributed by atoms with Crippen LogP contribution in [0.5, 0.6) is 0 Å². The van der Waals surface area contributed by atoms with E-state index in [-0.39, 0.29) is 25.9 Å². The average molecular weight is 270 g/mol. The maximum absolute atomic E-state index is 11.8. The number of rotatable bonds is 7. The van der Waals surface area contributed by atoms with E-state index in [0.717, 1.165) is 4.90 Å². The number of alkyl halides is 3. The summed E-state index contributed by atoms with van der Waals surface area (Å²) in [5.74, 6) is -1.14. The molecule has 0 aromatic heterocycles. The van der Waals surface area contributed by atoms with Crippen LogP contribution in [-0.4, -0.2) is 47.8 Å². The SMILES string of the molecule is CCN(CC(=O)O)C(=O)NCCCCC(F)(F)F. The van der Waals surface area contributed by atoms with Gasteiger partial charge in [-0.15, -0.1) is 0 Å². The number of carbonyl (C=O) groups is 2. The molecule has 0 saturated carbocycles. The molecule has 0 aliphatic rings. The summed E-state index contributed by atoms with van der Waals surface area (Å²) in [6.07, 6.45) is -4.91. The molecule has 0 heterocycles. The number of carboxylic acids is 1. The summed E-state index contributed by atoms with van der Waals surface area (Å²) >= 11 is 0. The van der Waals surface area contributed by atoms with Gasteiger partial charge in [0.2, 0.25) is 0 Å². The fraction of sp³-hybridized carbons (Fsp3) is 0.800. The second-order valence-electron chi connectivity index (χ2n) is 3.71. The lowest BCUT2D eigenvalue weighted by Crippen LogP contribution is -2.42. The fourth-order valence-electron chi connectivity index (χ4n) is 1.25. The van der Waals surface area contributed by atoms with Crippen molar-refractivity contribution in [1.82, 2.24) is 10.2 Å². The summed E-state index contributed by atoms with van der Waals surface area (Å²) in [4.78, 5) is 22.9. The molecular weight excluding hydrogens is 253 g/mol. The lowest BCUT2D eigenvalue weighted by Gasteiger charge is -2.19. The lowest BCUT2D eigenvalue weighted by molar-refractivity contribution is -0.138. The molecule has 0 rings (SSSR count). The number of hydrogen-bond acceptors (Lipinski definition) is 2. The van der Waals surface area contributed by atoms with Crippen LogP contribution < -0.4 is 5.32 Å². The van der Waals surface area contributed by atoms with Crippen molar-refractivity contribution >= 4 is 12.0 Å². The van der Waals surface area contributed by atoms with Crippen LogP contribution in [0.15, 0.2) is 0 Å². The number of likely N-dealkylation sites (N-methyl/N-ethyl adjacent to an activating group) is 1. The number of carbonyl (C=O) groups excluding carboxylic acids is 1. The molecule has 0 radical (unpaired) electrons. The molecule has 0 aliphatic carbocycles. The van der Waals surface area contributed by atoms with Crippen LogP contribution in [0.25, 0.3) is 0 Å². The Hall–Kier alpha value is -1.47. The van der Waals surface area contributed by atoms with Gasteiger partial charge in [0.25, 0.3) is 0 Å². The van der Waals surface area contributed by atoms with Crippen molar-refractivity contribution in [3.63, 3.8) is 0 Å². The smallest absolute Gasteiger partial charge is 0.389 e. The normalized spacial score (nSPS) is 11.1. The Bertz CT molecular complexity index is 282. The molecule has 0 aromatic rings. The van der Waals surface area contributed by atoms with Crippen LogP contribution >= 0.6 is 0 Å². The number of nitrogens with zero attached hydrogens (tertiary/aromatic N) is 1. The summed E-state index contributed by atoms with van der Waals surface area (Å²) in [5.41, 5.74) is 0. The minimum Gasteiger partial charge on any atom is -0.480 e. The highest BCUT2D eigenvalue weighted by atomic mass is 19.4. The van der Waals surface area contributed by atoms with Crippen molar-refractivity contribution in [1.29, 1.82) is 0 Å². The molecule has 0 aliphatic heterocycles. The maximum Gasteiger partial charge on any atom is 0.389 e. The van der Waals surface area contributed by atoms with Gasteiger partial charge in [-0.05, 0) is 19.8 Å². The van der Waals surface area contributed by atoms with E-state index in [9.17, 15) is 22.8 Å². The molecule has 8 heteroatoms. The predicted octanol–water partition coefficient (Wildman–Crippen LogP) is 1.84. The third-order valence-electron chi connectivity index (χ3n) is 2.16. The number of aliphatic carboxylic acids is 1. The number of urea groups is 1. The van der Waals surface area contributed by atoms with Gasteiger partial charge < -0.3 is 15.3 Å². The van der Waals surface area contributed by atoms with Gasteiger partial charge in [0, 0.05) is 19.5 Å².